The standard InChI is InChI=1S/C24H25N7O/c1-30-14-20(12-28-30)17-3-2-4-18(9-17)24-26-10-19(11-27-24)21-13-29-31(15-21)22-7-5-16(6-8-22)23(25)32/h2-4,9-16,22H,5-8H2,1H3,(H2,25,32)/t16-,22-. The second kappa shape index (κ2) is 8.37. The van der Waals surface area contributed by atoms with Gasteiger partial charge in [-0.3, -0.25) is 14.2 Å². The fraction of sp³-hybridized carbons (Fsp3) is 0.292. The van der Waals surface area contributed by atoms with Gasteiger partial charge in [0.1, 0.15) is 0 Å². The molecule has 0 radical (unpaired) electrons. The largest absolute Gasteiger partial charge is 0.369 e. The Balaban J connectivity index is 1.31. The number of carbonyl (C=O) groups is 1. The van der Waals surface area contributed by atoms with E-state index in [-0.39, 0.29) is 11.8 Å². The molecule has 0 aliphatic heterocycles. The lowest BCUT2D eigenvalue weighted by atomic mass is 9.86. The Morgan fingerprint density at radius 1 is 0.875 bits per heavy atom. The van der Waals surface area contributed by atoms with Crippen LogP contribution in [0.3, 0.4) is 0 Å². The van der Waals surface area contributed by atoms with Crippen molar-refractivity contribution in [3.8, 4) is 33.6 Å². The van der Waals surface area contributed by atoms with E-state index in [1.807, 2.05) is 61.0 Å². The van der Waals surface area contributed by atoms with Crippen LogP contribution in [0.15, 0.2) is 61.4 Å². The van der Waals surface area contributed by atoms with Crippen molar-refractivity contribution >= 4 is 5.91 Å². The minimum absolute atomic E-state index is 0.00103. The molecule has 1 aliphatic rings. The smallest absolute Gasteiger partial charge is 0.220 e. The Morgan fingerprint density at radius 3 is 2.25 bits per heavy atom. The zero-order chi connectivity index (χ0) is 22.1. The van der Waals surface area contributed by atoms with Crippen LogP contribution in [-0.2, 0) is 11.8 Å². The number of nitrogens with two attached hydrogens (primary N) is 1. The predicted molar refractivity (Wildman–Crippen MR) is 121 cm³/mol. The van der Waals surface area contributed by atoms with E-state index in [9.17, 15) is 4.79 Å². The maximum Gasteiger partial charge on any atom is 0.220 e. The van der Waals surface area contributed by atoms with Crippen molar-refractivity contribution in [2.24, 2.45) is 18.7 Å². The lowest BCUT2D eigenvalue weighted by molar-refractivity contribution is -0.122. The van der Waals surface area contributed by atoms with Gasteiger partial charge in [-0.05, 0) is 37.3 Å². The van der Waals surface area contributed by atoms with Crippen molar-refractivity contribution in [2.75, 3.05) is 0 Å². The average molecular weight is 428 g/mol. The molecule has 162 valence electrons. The van der Waals surface area contributed by atoms with Gasteiger partial charge in [-0.1, -0.05) is 18.2 Å². The second-order valence-corrected chi connectivity index (χ2v) is 8.40. The van der Waals surface area contributed by atoms with E-state index in [0.717, 1.165) is 53.5 Å². The van der Waals surface area contributed by atoms with Crippen molar-refractivity contribution in [1.29, 1.82) is 0 Å². The number of hydrogen-bond acceptors (Lipinski definition) is 5. The Bertz CT molecular complexity index is 1230. The van der Waals surface area contributed by atoms with Crippen molar-refractivity contribution in [2.45, 2.75) is 31.7 Å². The number of rotatable bonds is 5. The summed E-state index contributed by atoms with van der Waals surface area (Å²) in [6.45, 7) is 0. The summed E-state index contributed by atoms with van der Waals surface area (Å²) in [7, 11) is 1.91. The third-order valence-corrected chi connectivity index (χ3v) is 6.22. The number of primary amides is 1. The molecule has 8 nitrogen and oxygen atoms in total. The van der Waals surface area contributed by atoms with Crippen molar-refractivity contribution in [3.05, 3.63) is 61.4 Å². The van der Waals surface area contributed by atoms with Crippen LogP contribution < -0.4 is 5.73 Å². The molecule has 8 heteroatoms. The van der Waals surface area contributed by atoms with Gasteiger partial charge in [-0.2, -0.15) is 10.2 Å². The van der Waals surface area contributed by atoms with Crippen LogP contribution in [0, 0.1) is 5.92 Å². The minimum atomic E-state index is -0.187. The quantitative estimate of drug-likeness (QED) is 0.524. The summed E-state index contributed by atoms with van der Waals surface area (Å²) in [5, 5.41) is 8.80. The average Bonchev–Trinajstić information content (AvgIpc) is 3.49. The summed E-state index contributed by atoms with van der Waals surface area (Å²) < 4.78 is 3.79. The molecule has 2 N–H and O–H groups in total. The molecular weight excluding hydrogens is 402 g/mol. The molecule has 1 saturated carbocycles. The highest BCUT2D eigenvalue weighted by Crippen LogP contribution is 2.32. The lowest BCUT2D eigenvalue weighted by Crippen LogP contribution is -2.28. The molecule has 1 aromatic carbocycles. The maximum atomic E-state index is 11.4. The first-order chi connectivity index (χ1) is 15.6. The molecule has 5 rings (SSSR count). The van der Waals surface area contributed by atoms with Crippen molar-refractivity contribution < 1.29 is 4.79 Å². The lowest BCUT2D eigenvalue weighted by Gasteiger charge is -2.26. The Hall–Kier alpha value is -3.81. The van der Waals surface area contributed by atoms with Gasteiger partial charge in [0.25, 0.3) is 0 Å². The minimum Gasteiger partial charge on any atom is -0.369 e. The Morgan fingerprint density at radius 2 is 1.56 bits per heavy atom. The number of amides is 1. The molecule has 3 aromatic heterocycles. The highest BCUT2D eigenvalue weighted by Gasteiger charge is 2.26. The van der Waals surface area contributed by atoms with Crippen LogP contribution in [0.4, 0.5) is 0 Å². The molecule has 32 heavy (non-hydrogen) atoms. The highest BCUT2D eigenvalue weighted by molar-refractivity contribution is 5.76. The molecule has 3 heterocycles. The number of hydrogen-bond donors (Lipinski definition) is 1. The van der Waals surface area contributed by atoms with Gasteiger partial charge in [-0.25, -0.2) is 9.97 Å². The third-order valence-electron chi connectivity index (χ3n) is 6.22. The summed E-state index contributed by atoms with van der Waals surface area (Å²) in [4.78, 5) is 20.6. The molecule has 0 unspecified atom stereocenters. The van der Waals surface area contributed by atoms with Crippen LogP contribution in [-0.4, -0.2) is 35.4 Å². The number of benzene rings is 1. The normalized spacial score (nSPS) is 18.5. The fourth-order valence-corrected chi connectivity index (χ4v) is 4.35. The summed E-state index contributed by atoms with van der Waals surface area (Å²) in [5.41, 5.74) is 10.5. The van der Waals surface area contributed by atoms with Gasteiger partial charge in [-0.15, -0.1) is 0 Å². The number of aryl methyl sites for hydroxylation is 1. The van der Waals surface area contributed by atoms with Crippen LogP contribution >= 0.6 is 0 Å². The van der Waals surface area contributed by atoms with Gasteiger partial charge in [0.2, 0.25) is 5.91 Å². The first kappa shape index (κ1) is 20.1. The molecule has 1 fully saturated rings. The SMILES string of the molecule is Cn1cc(-c2cccc(-c3ncc(-c4cnn([C@H]5CC[C@H](C(N)=O)CC5)c4)cn3)c2)cn1. The molecule has 1 aliphatic carbocycles. The molecule has 1 amide bonds. The van der Waals surface area contributed by atoms with Gasteiger partial charge in [0.15, 0.2) is 5.82 Å². The molecule has 4 aromatic rings. The monoisotopic (exact) mass is 427 g/mol. The zero-order valence-electron chi connectivity index (χ0n) is 17.9. The zero-order valence-corrected chi connectivity index (χ0v) is 17.9. The predicted octanol–water partition coefficient (Wildman–Crippen LogP) is 3.62. The van der Waals surface area contributed by atoms with Gasteiger partial charge < -0.3 is 5.73 Å². The Kier molecular flexibility index (Phi) is 5.26. The van der Waals surface area contributed by atoms with Crippen LogP contribution in [0.5, 0.6) is 0 Å². The molecule has 0 saturated heterocycles. The second-order valence-electron chi connectivity index (χ2n) is 8.40. The van der Waals surface area contributed by atoms with E-state index in [1.165, 1.54) is 0 Å². The van der Waals surface area contributed by atoms with Gasteiger partial charge in [0.05, 0.1) is 18.4 Å². The van der Waals surface area contributed by atoms with E-state index in [2.05, 4.69) is 32.3 Å². The van der Waals surface area contributed by atoms with E-state index in [1.54, 1.807) is 4.68 Å². The summed E-state index contributed by atoms with van der Waals surface area (Å²) >= 11 is 0. The van der Waals surface area contributed by atoms with E-state index >= 15 is 0 Å². The highest BCUT2D eigenvalue weighted by atomic mass is 16.1. The molecule has 0 spiro atoms. The number of carbonyl (C=O) groups excluding carboxylic acids is 1. The summed E-state index contributed by atoms with van der Waals surface area (Å²) in [6, 6.07) is 8.45. The van der Waals surface area contributed by atoms with E-state index in [4.69, 9.17) is 5.73 Å². The number of nitrogens with zero attached hydrogens (tertiary/aromatic N) is 6. The fourth-order valence-electron chi connectivity index (χ4n) is 4.35. The Labute approximate surface area is 186 Å². The van der Waals surface area contributed by atoms with Gasteiger partial charge >= 0.3 is 0 Å². The third kappa shape index (κ3) is 4.03. The number of aromatic nitrogens is 6. The van der Waals surface area contributed by atoms with E-state index < -0.39 is 0 Å². The van der Waals surface area contributed by atoms with Gasteiger partial charge in [0, 0.05) is 60.0 Å². The molecule has 0 atom stereocenters. The first-order valence-electron chi connectivity index (χ1n) is 10.8. The summed E-state index contributed by atoms with van der Waals surface area (Å²) in [6.07, 6.45) is 14.9. The van der Waals surface area contributed by atoms with Crippen LogP contribution in [0.25, 0.3) is 33.6 Å². The first-order valence-corrected chi connectivity index (χ1v) is 10.8. The van der Waals surface area contributed by atoms with Crippen molar-refractivity contribution in [1.82, 2.24) is 29.5 Å². The summed E-state index contributed by atoms with van der Waals surface area (Å²) in [5.74, 6) is 0.489. The maximum absolute atomic E-state index is 11.4. The van der Waals surface area contributed by atoms with E-state index in [0.29, 0.717) is 11.9 Å². The molecular formula is C24H25N7O. The van der Waals surface area contributed by atoms with Crippen molar-refractivity contribution in [3.63, 3.8) is 0 Å². The molecule has 0 bridgehead atoms. The topological polar surface area (TPSA) is 105 Å². The van der Waals surface area contributed by atoms with Crippen LogP contribution in [0.2, 0.25) is 0 Å². The van der Waals surface area contributed by atoms with Crippen LogP contribution in [0.1, 0.15) is 31.7 Å².